The van der Waals surface area contributed by atoms with Gasteiger partial charge in [0.15, 0.2) is 0 Å². The molecule has 0 atom stereocenters. The smallest absolute Gasteiger partial charge is 0.333 e. The number of nitrogens with one attached hydrogen (secondary N) is 3. The number of nitroso groups, excluding NO2 is 1. The lowest BCUT2D eigenvalue weighted by atomic mass is 10.1. The maximum Gasteiger partial charge on any atom is 0.333 e. The van der Waals surface area contributed by atoms with Gasteiger partial charge in [0.05, 0.1) is 5.69 Å². The molecular formula is C21H16FN5O5S2. The number of carbonyl (C=O) groups is 1. The largest absolute Gasteiger partial charge is 0.388 e. The fourth-order valence-corrected chi connectivity index (χ4v) is 5.16. The van der Waals surface area contributed by atoms with Crippen molar-refractivity contribution in [1.29, 1.82) is 0 Å². The third kappa shape index (κ3) is 4.38. The van der Waals surface area contributed by atoms with E-state index in [4.69, 9.17) is 0 Å². The van der Waals surface area contributed by atoms with Crippen LogP contribution in [0.1, 0.15) is 0 Å². The Labute approximate surface area is 196 Å². The highest BCUT2D eigenvalue weighted by molar-refractivity contribution is 7.92. The summed E-state index contributed by atoms with van der Waals surface area (Å²) >= 11 is 0.931. The van der Waals surface area contributed by atoms with Crippen LogP contribution in [-0.2, 0) is 10.0 Å². The molecule has 0 fully saturated rings. The highest BCUT2D eigenvalue weighted by Crippen LogP contribution is 2.28. The van der Waals surface area contributed by atoms with E-state index in [0.29, 0.717) is 11.1 Å². The number of fused-ring (bicyclic) bond motifs is 1. The minimum atomic E-state index is -4.06. The molecule has 0 spiro atoms. The first-order valence-corrected chi connectivity index (χ1v) is 12.0. The van der Waals surface area contributed by atoms with Crippen molar-refractivity contribution < 1.29 is 17.6 Å². The zero-order valence-corrected chi connectivity index (χ0v) is 19.0. The standard InChI is InChI=1S/C21H16FN5O5S2/c1-23-12-4-6-14-15(9-12)17(25-30)11-27(20(14)28)18-7-5-13(10-16(18)22)24-21(29)26-34(31,32)19-3-2-8-33-19/h2-11,23H,1H3,(H2,24,26,29). The Morgan fingerprint density at radius 3 is 2.50 bits per heavy atom. The van der Waals surface area contributed by atoms with Crippen LogP contribution in [0.5, 0.6) is 0 Å². The summed E-state index contributed by atoms with van der Waals surface area (Å²) in [5, 5.41) is 10.1. The summed E-state index contributed by atoms with van der Waals surface area (Å²) < 4.78 is 41.9. The molecule has 0 aliphatic carbocycles. The number of pyridine rings is 1. The van der Waals surface area contributed by atoms with Crippen LogP contribution >= 0.6 is 11.3 Å². The number of nitrogens with zero attached hydrogens (tertiary/aromatic N) is 2. The number of urea groups is 1. The predicted octanol–water partition coefficient (Wildman–Crippen LogP) is 4.14. The van der Waals surface area contributed by atoms with E-state index in [2.05, 4.69) is 15.8 Å². The van der Waals surface area contributed by atoms with Gasteiger partial charge in [-0.15, -0.1) is 16.2 Å². The van der Waals surface area contributed by atoms with Crippen molar-refractivity contribution in [3.8, 4) is 5.69 Å². The van der Waals surface area contributed by atoms with Crippen LogP contribution in [0.2, 0.25) is 0 Å². The van der Waals surface area contributed by atoms with E-state index in [1.54, 1.807) is 24.6 Å². The summed E-state index contributed by atoms with van der Waals surface area (Å²) in [5.74, 6) is -0.899. The molecule has 0 aliphatic rings. The number of halogens is 1. The van der Waals surface area contributed by atoms with Crippen molar-refractivity contribution in [2.24, 2.45) is 5.18 Å². The molecule has 174 valence electrons. The molecule has 34 heavy (non-hydrogen) atoms. The Balaban J connectivity index is 1.65. The van der Waals surface area contributed by atoms with Crippen LogP contribution in [0.3, 0.4) is 0 Å². The number of rotatable bonds is 6. The second-order valence-corrected chi connectivity index (χ2v) is 9.81. The molecule has 2 amide bonds. The molecule has 0 bridgehead atoms. The first-order chi connectivity index (χ1) is 16.2. The Kier molecular flexibility index (Phi) is 6.13. The van der Waals surface area contributed by atoms with E-state index in [9.17, 15) is 27.3 Å². The van der Waals surface area contributed by atoms with Crippen molar-refractivity contribution in [2.75, 3.05) is 17.7 Å². The quantitative estimate of drug-likeness (QED) is 0.339. The number of thiophene rings is 1. The van der Waals surface area contributed by atoms with Crippen LogP contribution in [-0.4, -0.2) is 26.1 Å². The Morgan fingerprint density at radius 2 is 1.85 bits per heavy atom. The maximum absolute atomic E-state index is 14.9. The van der Waals surface area contributed by atoms with Gasteiger partial charge in [0.25, 0.3) is 15.6 Å². The Morgan fingerprint density at radius 1 is 1.09 bits per heavy atom. The summed E-state index contributed by atoms with van der Waals surface area (Å²) in [4.78, 5) is 36.5. The molecule has 2 heterocycles. The van der Waals surface area contributed by atoms with Gasteiger partial charge in [0, 0.05) is 35.4 Å². The fraction of sp³-hybridized carbons (Fsp3) is 0.0476. The molecular weight excluding hydrogens is 485 g/mol. The molecule has 0 aliphatic heterocycles. The minimum Gasteiger partial charge on any atom is -0.388 e. The normalized spacial score (nSPS) is 11.2. The molecule has 13 heteroatoms. The summed E-state index contributed by atoms with van der Waals surface area (Å²) in [5.41, 5.74) is -0.223. The number of amides is 2. The van der Waals surface area contributed by atoms with E-state index in [-0.39, 0.29) is 26.7 Å². The summed E-state index contributed by atoms with van der Waals surface area (Å²) in [6, 6.07) is 9.90. The maximum atomic E-state index is 14.9. The molecule has 4 aromatic rings. The lowest BCUT2D eigenvalue weighted by Crippen LogP contribution is -2.34. The predicted molar refractivity (Wildman–Crippen MR) is 128 cm³/mol. The first kappa shape index (κ1) is 23.1. The monoisotopic (exact) mass is 501 g/mol. The molecule has 0 saturated carbocycles. The van der Waals surface area contributed by atoms with Crippen LogP contribution in [0, 0.1) is 10.7 Å². The first-order valence-electron chi connectivity index (χ1n) is 9.61. The Hall–Kier alpha value is -4.10. The molecule has 0 saturated heterocycles. The number of aromatic nitrogens is 1. The summed E-state index contributed by atoms with van der Waals surface area (Å²) in [7, 11) is -2.38. The van der Waals surface area contributed by atoms with Crippen molar-refractivity contribution >= 4 is 55.2 Å². The number of benzene rings is 2. The SMILES string of the molecule is CNc1ccc2c(=O)n(-c3ccc(NC(=O)NS(=O)(=O)c4cccs4)cc3F)cc(N=O)c2c1. The third-order valence-corrected chi connectivity index (χ3v) is 7.56. The van der Waals surface area contributed by atoms with Crippen molar-refractivity contribution in [3.05, 3.63) is 81.2 Å². The van der Waals surface area contributed by atoms with Gasteiger partial charge in [-0.25, -0.2) is 22.3 Å². The number of hydrogen-bond donors (Lipinski definition) is 3. The van der Waals surface area contributed by atoms with Gasteiger partial charge >= 0.3 is 6.03 Å². The van der Waals surface area contributed by atoms with Gasteiger partial charge in [-0.2, -0.15) is 0 Å². The van der Waals surface area contributed by atoms with E-state index in [1.165, 1.54) is 30.3 Å². The molecule has 4 rings (SSSR count). The molecule has 2 aromatic carbocycles. The third-order valence-electron chi connectivity index (χ3n) is 4.84. The van der Waals surface area contributed by atoms with E-state index < -0.39 is 27.4 Å². The van der Waals surface area contributed by atoms with Gasteiger partial charge in [-0.3, -0.25) is 9.36 Å². The van der Waals surface area contributed by atoms with Crippen molar-refractivity contribution in [2.45, 2.75) is 4.21 Å². The minimum absolute atomic E-state index is 0.0543. The van der Waals surface area contributed by atoms with Gasteiger partial charge < -0.3 is 10.6 Å². The second kappa shape index (κ2) is 9.03. The molecule has 2 aromatic heterocycles. The average molecular weight is 502 g/mol. The highest BCUT2D eigenvalue weighted by Gasteiger charge is 2.19. The Bertz CT molecular complexity index is 1580. The highest BCUT2D eigenvalue weighted by atomic mass is 32.2. The number of anilines is 2. The summed E-state index contributed by atoms with van der Waals surface area (Å²) in [6.45, 7) is 0. The van der Waals surface area contributed by atoms with Crippen LogP contribution in [0.15, 0.2) is 74.3 Å². The van der Waals surface area contributed by atoms with E-state index in [0.717, 1.165) is 28.2 Å². The molecule has 3 N–H and O–H groups in total. The average Bonchev–Trinajstić information content (AvgIpc) is 3.35. The van der Waals surface area contributed by atoms with Crippen molar-refractivity contribution in [1.82, 2.24) is 9.29 Å². The zero-order chi connectivity index (χ0) is 24.5. The molecule has 10 nitrogen and oxygen atoms in total. The van der Waals surface area contributed by atoms with Crippen LogP contribution in [0.4, 0.5) is 26.2 Å². The number of hydrogen-bond acceptors (Lipinski definition) is 8. The number of carbonyl (C=O) groups excluding carboxylic acids is 1. The van der Waals surface area contributed by atoms with E-state index in [1.807, 2.05) is 4.72 Å². The lowest BCUT2D eigenvalue weighted by Gasteiger charge is -2.12. The second-order valence-electron chi connectivity index (χ2n) is 6.95. The topological polar surface area (TPSA) is 139 Å². The molecule has 0 radical (unpaired) electrons. The van der Waals surface area contributed by atoms with Gasteiger partial charge in [0.1, 0.15) is 15.7 Å². The fourth-order valence-electron chi connectivity index (χ4n) is 3.26. The molecule has 0 unspecified atom stereocenters. The summed E-state index contributed by atoms with van der Waals surface area (Å²) in [6.07, 6.45) is 1.13. The van der Waals surface area contributed by atoms with Gasteiger partial charge in [-0.1, -0.05) is 6.07 Å². The lowest BCUT2D eigenvalue weighted by molar-refractivity contribution is 0.256. The zero-order valence-electron chi connectivity index (χ0n) is 17.4. The van der Waals surface area contributed by atoms with E-state index >= 15 is 0 Å². The van der Waals surface area contributed by atoms with Crippen LogP contribution < -0.4 is 20.9 Å². The van der Waals surface area contributed by atoms with Crippen molar-refractivity contribution in [3.63, 3.8) is 0 Å². The number of sulfonamides is 1. The van der Waals surface area contributed by atoms with Gasteiger partial charge in [-0.05, 0) is 53.0 Å². The van der Waals surface area contributed by atoms with Crippen LogP contribution in [0.25, 0.3) is 16.5 Å². The van der Waals surface area contributed by atoms with Gasteiger partial charge in [0.2, 0.25) is 0 Å².